The van der Waals surface area contributed by atoms with E-state index in [0.29, 0.717) is 0 Å². The first-order chi connectivity index (χ1) is 5.27. The third-order valence-corrected chi connectivity index (χ3v) is 2.39. The van der Waals surface area contributed by atoms with Crippen LogP contribution in [-0.2, 0) is 0 Å². The molecule has 0 unspecified atom stereocenters. The highest BCUT2D eigenvalue weighted by atomic mass is 14.2. The lowest BCUT2D eigenvalue weighted by Gasteiger charge is -2.27. The predicted octanol–water partition coefficient (Wildman–Crippen LogP) is 3.70. The number of rotatable bonds is 2. The minimum Gasteiger partial charge on any atom is -0.0874 e. The van der Waals surface area contributed by atoms with Crippen molar-refractivity contribution in [3.63, 3.8) is 0 Å². The van der Waals surface area contributed by atoms with Gasteiger partial charge in [-0.2, -0.15) is 0 Å². The van der Waals surface area contributed by atoms with Crippen LogP contribution in [-0.4, -0.2) is 0 Å². The van der Waals surface area contributed by atoms with Crippen LogP contribution >= 0.6 is 0 Å². The molecular weight excluding hydrogens is 132 g/mol. The number of hydrogen-bond acceptors (Lipinski definition) is 0. The Hall–Kier alpha value is -0.520. The largest absolute Gasteiger partial charge is 0.0874 e. The molecular formula is C11H18. The van der Waals surface area contributed by atoms with Crippen LogP contribution in [0.1, 0.15) is 40.0 Å². The van der Waals surface area contributed by atoms with Crippen molar-refractivity contribution in [1.82, 2.24) is 0 Å². The predicted molar refractivity (Wildman–Crippen MR) is 50.5 cm³/mol. The number of allylic oxidation sites excluding steroid dienone is 4. The zero-order valence-electron chi connectivity index (χ0n) is 7.85. The molecule has 1 aliphatic carbocycles. The Labute approximate surface area is 70.0 Å². The van der Waals surface area contributed by atoms with Crippen LogP contribution < -0.4 is 0 Å². The van der Waals surface area contributed by atoms with Gasteiger partial charge < -0.3 is 0 Å². The molecule has 0 atom stereocenters. The fourth-order valence-corrected chi connectivity index (χ4v) is 1.73. The van der Waals surface area contributed by atoms with E-state index in [2.05, 4.69) is 32.9 Å². The molecule has 0 spiro atoms. The normalized spacial score (nSPS) is 23.9. The number of hydrogen-bond donors (Lipinski definition) is 0. The Balaban J connectivity index is 2.60. The maximum Gasteiger partial charge on any atom is -0.0285 e. The standard InChI is InChI=1S/C11H18/c1-4-6-10(5-2)11-7-9(3)8-11/h4,6,9H,5,7-8H2,1-3H3. The van der Waals surface area contributed by atoms with Gasteiger partial charge in [0.15, 0.2) is 0 Å². The zero-order valence-corrected chi connectivity index (χ0v) is 7.85. The summed E-state index contributed by atoms with van der Waals surface area (Å²) < 4.78 is 0. The maximum absolute atomic E-state index is 2.33. The molecule has 11 heavy (non-hydrogen) atoms. The summed E-state index contributed by atoms with van der Waals surface area (Å²) in [6.07, 6.45) is 8.30. The average molecular weight is 150 g/mol. The van der Waals surface area contributed by atoms with Gasteiger partial charge in [0.2, 0.25) is 0 Å². The molecule has 1 saturated carbocycles. The van der Waals surface area contributed by atoms with Crippen molar-refractivity contribution in [2.45, 2.75) is 40.0 Å². The first kappa shape index (κ1) is 8.58. The summed E-state index contributed by atoms with van der Waals surface area (Å²) in [7, 11) is 0. The third kappa shape index (κ3) is 1.95. The quantitative estimate of drug-likeness (QED) is 0.563. The van der Waals surface area contributed by atoms with Gasteiger partial charge in [0.05, 0.1) is 0 Å². The molecule has 0 radical (unpaired) electrons. The van der Waals surface area contributed by atoms with E-state index in [4.69, 9.17) is 0 Å². The van der Waals surface area contributed by atoms with Gasteiger partial charge >= 0.3 is 0 Å². The van der Waals surface area contributed by atoms with Gasteiger partial charge in [-0.1, -0.05) is 31.6 Å². The van der Waals surface area contributed by atoms with Gasteiger partial charge in [0.1, 0.15) is 0 Å². The Morgan fingerprint density at radius 3 is 2.55 bits per heavy atom. The second-order valence-electron chi connectivity index (χ2n) is 3.50. The molecule has 0 amide bonds. The first-order valence-electron chi connectivity index (χ1n) is 4.61. The molecule has 0 aromatic rings. The van der Waals surface area contributed by atoms with E-state index in [9.17, 15) is 0 Å². The van der Waals surface area contributed by atoms with Gasteiger partial charge in [-0.15, -0.1) is 0 Å². The Bertz CT molecular complexity index is 176. The fraction of sp³-hybridized carbons (Fsp3) is 0.636. The summed E-state index contributed by atoms with van der Waals surface area (Å²) in [5.41, 5.74) is 3.27. The van der Waals surface area contributed by atoms with Crippen molar-refractivity contribution < 1.29 is 0 Å². The second kappa shape index (κ2) is 3.75. The highest BCUT2D eigenvalue weighted by Gasteiger charge is 2.19. The van der Waals surface area contributed by atoms with Crippen molar-refractivity contribution in [3.05, 3.63) is 23.3 Å². The molecule has 62 valence electrons. The van der Waals surface area contributed by atoms with Crippen LogP contribution in [0.2, 0.25) is 0 Å². The molecule has 1 fully saturated rings. The van der Waals surface area contributed by atoms with E-state index in [1.165, 1.54) is 19.3 Å². The molecule has 0 heterocycles. The molecule has 1 aliphatic rings. The smallest absolute Gasteiger partial charge is 0.0285 e. The monoisotopic (exact) mass is 150 g/mol. The summed E-state index contributed by atoms with van der Waals surface area (Å²) in [6.45, 7) is 6.66. The molecule has 0 saturated heterocycles. The summed E-state index contributed by atoms with van der Waals surface area (Å²) in [4.78, 5) is 0. The molecule has 1 rings (SSSR count). The van der Waals surface area contributed by atoms with E-state index in [0.717, 1.165) is 5.92 Å². The fourth-order valence-electron chi connectivity index (χ4n) is 1.73. The van der Waals surface area contributed by atoms with E-state index in [-0.39, 0.29) is 0 Å². The van der Waals surface area contributed by atoms with Crippen LogP contribution in [0.25, 0.3) is 0 Å². The van der Waals surface area contributed by atoms with Crippen molar-refractivity contribution in [2.75, 3.05) is 0 Å². The lowest BCUT2D eigenvalue weighted by Crippen LogP contribution is -2.12. The SMILES string of the molecule is CC=CC(CC)=C1CC(C)C1. The van der Waals surface area contributed by atoms with Gasteiger partial charge in [0, 0.05) is 0 Å². The van der Waals surface area contributed by atoms with Crippen molar-refractivity contribution in [3.8, 4) is 0 Å². The summed E-state index contributed by atoms with van der Waals surface area (Å²) in [5, 5.41) is 0. The van der Waals surface area contributed by atoms with Gasteiger partial charge in [-0.25, -0.2) is 0 Å². The molecule has 0 N–H and O–H groups in total. The van der Waals surface area contributed by atoms with Crippen LogP contribution in [0.3, 0.4) is 0 Å². The second-order valence-corrected chi connectivity index (χ2v) is 3.50. The Morgan fingerprint density at radius 2 is 2.18 bits per heavy atom. The van der Waals surface area contributed by atoms with Crippen LogP contribution in [0.4, 0.5) is 0 Å². The summed E-state index contributed by atoms with van der Waals surface area (Å²) in [6, 6.07) is 0. The molecule has 0 aliphatic heterocycles. The van der Waals surface area contributed by atoms with E-state index in [1.54, 1.807) is 11.1 Å². The topological polar surface area (TPSA) is 0 Å². The lowest BCUT2D eigenvalue weighted by molar-refractivity contribution is 0.454. The maximum atomic E-state index is 2.33. The Kier molecular flexibility index (Phi) is 2.92. The first-order valence-corrected chi connectivity index (χ1v) is 4.61. The Morgan fingerprint density at radius 1 is 1.55 bits per heavy atom. The average Bonchev–Trinajstić information content (AvgIpc) is 1.95. The lowest BCUT2D eigenvalue weighted by atomic mass is 9.78. The summed E-state index contributed by atoms with van der Waals surface area (Å²) in [5.74, 6) is 0.941. The molecule has 0 aromatic carbocycles. The van der Waals surface area contributed by atoms with Gasteiger partial charge in [-0.05, 0) is 37.7 Å². The highest BCUT2D eigenvalue weighted by Crippen LogP contribution is 2.35. The van der Waals surface area contributed by atoms with Crippen molar-refractivity contribution in [2.24, 2.45) is 5.92 Å². The van der Waals surface area contributed by atoms with E-state index >= 15 is 0 Å². The third-order valence-electron chi connectivity index (χ3n) is 2.39. The highest BCUT2D eigenvalue weighted by molar-refractivity contribution is 5.29. The summed E-state index contributed by atoms with van der Waals surface area (Å²) >= 11 is 0. The van der Waals surface area contributed by atoms with Crippen LogP contribution in [0.15, 0.2) is 23.3 Å². The van der Waals surface area contributed by atoms with Crippen LogP contribution in [0.5, 0.6) is 0 Å². The van der Waals surface area contributed by atoms with Crippen LogP contribution in [0, 0.1) is 5.92 Å². The molecule has 0 heteroatoms. The molecule has 0 aromatic heterocycles. The van der Waals surface area contributed by atoms with Crippen molar-refractivity contribution in [1.29, 1.82) is 0 Å². The van der Waals surface area contributed by atoms with E-state index in [1.807, 2.05) is 0 Å². The van der Waals surface area contributed by atoms with E-state index < -0.39 is 0 Å². The van der Waals surface area contributed by atoms with Crippen molar-refractivity contribution >= 4 is 0 Å². The molecule has 0 bridgehead atoms. The molecule has 0 nitrogen and oxygen atoms in total. The van der Waals surface area contributed by atoms with Gasteiger partial charge in [-0.3, -0.25) is 0 Å². The zero-order chi connectivity index (χ0) is 8.27. The van der Waals surface area contributed by atoms with Gasteiger partial charge in [0.25, 0.3) is 0 Å². The minimum atomic E-state index is 0.941. The minimum absolute atomic E-state index is 0.941.